The van der Waals surface area contributed by atoms with Crippen LogP contribution in [0.4, 0.5) is 0 Å². The Kier molecular flexibility index (Phi) is 12.6. The Balaban J connectivity index is 1.72. The summed E-state index contributed by atoms with van der Waals surface area (Å²) < 4.78 is 69.5. The van der Waals surface area contributed by atoms with Crippen LogP contribution in [0.3, 0.4) is 0 Å². The van der Waals surface area contributed by atoms with Crippen LogP contribution >= 0.6 is 0 Å². The quantitative estimate of drug-likeness (QED) is 0.0932. The number of hydrogen-bond acceptors (Lipinski definition) is 11. The van der Waals surface area contributed by atoms with Gasteiger partial charge in [-0.15, -0.1) is 0 Å². The number of esters is 2. The Morgan fingerprint density at radius 2 is 1.40 bits per heavy atom. The highest BCUT2D eigenvalue weighted by molar-refractivity contribution is 7.86. The molecule has 1 saturated heterocycles. The van der Waals surface area contributed by atoms with E-state index < -0.39 is 65.6 Å². The molecule has 5 rings (SSSR count). The number of benzene rings is 4. The maximum absolute atomic E-state index is 13.0. The van der Waals surface area contributed by atoms with Gasteiger partial charge in [0.15, 0.2) is 11.7 Å². The Bertz CT molecular complexity index is 1930. The van der Waals surface area contributed by atoms with Gasteiger partial charge in [0.25, 0.3) is 18.4 Å². The van der Waals surface area contributed by atoms with Gasteiger partial charge in [-0.3, -0.25) is 13.8 Å². The van der Waals surface area contributed by atoms with Gasteiger partial charge in [0.05, 0.1) is 26.1 Å². The Morgan fingerprint density at radius 1 is 0.830 bits per heavy atom. The van der Waals surface area contributed by atoms with Crippen LogP contribution in [0.1, 0.15) is 40.2 Å². The van der Waals surface area contributed by atoms with E-state index in [9.17, 15) is 18.0 Å². The van der Waals surface area contributed by atoms with Gasteiger partial charge >= 0.3 is 11.9 Å². The van der Waals surface area contributed by atoms with E-state index in [-0.39, 0.29) is 19.8 Å². The molecule has 11 nitrogen and oxygen atoms in total. The fourth-order valence-corrected chi connectivity index (χ4v) is 12.4. The summed E-state index contributed by atoms with van der Waals surface area (Å²) in [5.41, 5.74) is -1.13. The molecule has 1 aliphatic heterocycles. The highest BCUT2D eigenvalue weighted by Crippen LogP contribution is 2.44. The lowest BCUT2D eigenvalue weighted by Crippen LogP contribution is -2.69. The highest BCUT2D eigenvalue weighted by Gasteiger charge is 2.65. The normalized spacial score (nSPS) is 21.3. The van der Waals surface area contributed by atoms with Crippen molar-refractivity contribution in [2.24, 2.45) is 0 Å². The molecule has 0 saturated carbocycles. The van der Waals surface area contributed by atoms with Crippen molar-refractivity contribution in [3.63, 3.8) is 0 Å². The van der Waals surface area contributed by atoms with Crippen LogP contribution in [-0.2, 0) is 58.6 Å². The molecule has 0 bridgehead atoms. The number of rotatable bonds is 15. The van der Waals surface area contributed by atoms with E-state index in [0.717, 1.165) is 33.0 Å². The molecule has 0 N–H and O–H groups in total. The SMILES string of the molecule is COCC(OS(C)(=O)=O)[C@]1(CO[Si](c2ccccc2)(c2ccccc2)C(C)(C)C)OC(OC(C)=O)[C@H](OC(C)=O)[C@@H]1OCc1ccc2ccccc2c1. The third-order valence-corrected chi connectivity index (χ3v) is 14.9. The van der Waals surface area contributed by atoms with E-state index in [4.69, 9.17) is 32.3 Å². The first-order valence-corrected chi connectivity index (χ1v) is 21.1. The first-order valence-electron chi connectivity index (χ1n) is 17.3. The van der Waals surface area contributed by atoms with E-state index >= 15 is 0 Å². The zero-order chi connectivity index (χ0) is 38.4. The average Bonchev–Trinajstić information content (AvgIpc) is 3.38. The van der Waals surface area contributed by atoms with Gasteiger partial charge in [0.1, 0.15) is 12.2 Å². The fourth-order valence-electron chi connectivity index (χ4n) is 7.15. The van der Waals surface area contributed by atoms with Crippen molar-refractivity contribution in [3.05, 3.63) is 109 Å². The molecule has 0 aromatic heterocycles. The molecule has 5 atom stereocenters. The molecule has 2 unspecified atom stereocenters. The molecular weight excluding hydrogens is 717 g/mol. The summed E-state index contributed by atoms with van der Waals surface area (Å²) in [6.07, 6.45) is -4.70. The summed E-state index contributed by atoms with van der Waals surface area (Å²) in [5.74, 6) is -1.43. The van der Waals surface area contributed by atoms with Crippen LogP contribution < -0.4 is 10.4 Å². The van der Waals surface area contributed by atoms with Crippen LogP contribution in [0.25, 0.3) is 10.8 Å². The van der Waals surface area contributed by atoms with E-state index in [2.05, 4.69) is 20.8 Å². The molecule has 0 spiro atoms. The molecular formula is C40H48O11SSi. The molecule has 4 aromatic carbocycles. The van der Waals surface area contributed by atoms with Crippen molar-refractivity contribution in [1.82, 2.24) is 0 Å². The standard InChI is InChI=1S/C40H48O11SSi/c1-28(41)48-36-37(46-25-30-22-23-31-16-14-15-17-32(31)24-30)40(50-38(36)49-29(2)42,35(26-45-6)51-52(7,43)44)27-47-53(39(3,4)5,33-18-10-8-11-19-33)34-20-12-9-13-21-34/h8-24,35-38H,25-27H2,1-7H3/t35?,36-,37+,38?,40+/m1/s1. The van der Waals surface area contributed by atoms with Crippen LogP contribution in [-0.4, -0.2) is 85.5 Å². The average molecular weight is 765 g/mol. The molecule has 1 aliphatic rings. The van der Waals surface area contributed by atoms with Gasteiger partial charge in [0.2, 0.25) is 6.29 Å². The topological polar surface area (TPSA) is 133 Å². The second-order valence-electron chi connectivity index (χ2n) is 14.2. The number of ether oxygens (including phenoxy) is 5. The predicted octanol–water partition coefficient (Wildman–Crippen LogP) is 4.88. The van der Waals surface area contributed by atoms with E-state index in [0.29, 0.717) is 0 Å². The Morgan fingerprint density at radius 3 is 1.92 bits per heavy atom. The summed E-state index contributed by atoms with van der Waals surface area (Å²) in [6.45, 7) is 8.01. The number of carbonyl (C=O) groups is 2. The minimum atomic E-state index is -4.18. The number of hydrogen-bond donors (Lipinski definition) is 0. The second kappa shape index (κ2) is 16.6. The Labute approximate surface area is 312 Å². The maximum atomic E-state index is 13.0. The molecule has 13 heteroatoms. The van der Waals surface area contributed by atoms with Crippen LogP contribution in [0, 0.1) is 0 Å². The molecule has 4 aromatic rings. The Hall–Kier alpha value is -3.95. The smallest absolute Gasteiger partial charge is 0.305 e. The van der Waals surface area contributed by atoms with Crippen LogP contribution in [0.2, 0.25) is 5.04 Å². The largest absolute Gasteiger partial charge is 0.453 e. The number of carbonyl (C=O) groups excluding carboxylic acids is 2. The summed E-state index contributed by atoms with van der Waals surface area (Å²) in [5, 5.41) is 3.39. The van der Waals surface area contributed by atoms with Crippen LogP contribution in [0.15, 0.2) is 103 Å². The maximum Gasteiger partial charge on any atom is 0.305 e. The monoisotopic (exact) mass is 764 g/mol. The van der Waals surface area contributed by atoms with Crippen molar-refractivity contribution in [2.75, 3.05) is 26.6 Å². The van der Waals surface area contributed by atoms with Crippen molar-refractivity contribution in [3.8, 4) is 0 Å². The lowest BCUT2D eigenvalue weighted by atomic mass is 9.89. The van der Waals surface area contributed by atoms with Gasteiger partial charge in [-0.2, -0.15) is 8.42 Å². The predicted molar refractivity (Wildman–Crippen MR) is 203 cm³/mol. The zero-order valence-corrected chi connectivity index (χ0v) is 33.0. The third kappa shape index (κ3) is 9.06. The summed E-state index contributed by atoms with van der Waals surface area (Å²) in [6, 6.07) is 33.4. The highest BCUT2D eigenvalue weighted by atomic mass is 32.2. The van der Waals surface area contributed by atoms with Gasteiger partial charge in [-0.25, -0.2) is 0 Å². The summed E-state index contributed by atoms with van der Waals surface area (Å²) in [7, 11) is -6.13. The van der Waals surface area contributed by atoms with Crippen molar-refractivity contribution in [2.45, 2.75) is 76.5 Å². The summed E-state index contributed by atoms with van der Waals surface area (Å²) in [4.78, 5) is 25.2. The first-order chi connectivity index (χ1) is 25.1. The van der Waals surface area contributed by atoms with E-state index in [1.54, 1.807) is 0 Å². The first kappa shape index (κ1) is 40.2. The van der Waals surface area contributed by atoms with Gasteiger partial charge < -0.3 is 28.1 Å². The minimum Gasteiger partial charge on any atom is -0.453 e. The van der Waals surface area contributed by atoms with E-state index in [1.807, 2.05) is 103 Å². The van der Waals surface area contributed by atoms with Crippen molar-refractivity contribution < 1.29 is 50.3 Å². The zero-order valence-electron chi connectivity index (χ0n) is 31.1. The lowest BCUT2D eigenvalue weighted by molar-refractivity contribution is -0.228. The summed E-state index contributed by atoms with van der Waals surface area (Å²) >= 11 is 0. The fraction of sp³-hybridized carbons (Fsp3) is 0.400. The van der Waals surface area contributed by atoms with Crippen molar-refractivity contribution in [1.29, 1.82) is 0 Å². The second-order valence-corrected chi connectivity index (χ2v) is 20.1. The third-order valence-electron chi connectivity index (χ3n) is 9.30. The van der Waals surface area contributed by atoms with Crippen LogP contribution in [0.5, 0.6) is 0 Å². The minimum absolute atomic E-state index is 0.0248. The molecule has 1 heterocycles. The number of methoxy groups -OCH3 is 1. The van der Waals surface area contributed by atoms with Crippen molar-refractivity contribution >= 4 is 51.5 Å². The molecule has 1 fully saturated rings. The molecule has 0 aliphatic carbocycles. The molecule has 53 heavy (non-hydrogen) atoms. The van der Waals surface area contributed by atoms with Gasteiger partial charge in [-0.1, -0.05) is 118 Å². The number of fused-ring (bicyclic) bond motifs is 1. The molecule has 0 amide bonds. The lowest BCUT2D eigenvalue weighted by Gasteiger charge is -2.47. The molecule has 284 valence electrons. The van der Waals surface area contributed by atoms with E-state index in [1.165, 1.54) is 21.0 Å². The van der Waals surface area contributed by atoms with Gasteiger partial charge in [0, 0.05) is 21.0 Å². The van der Waals surface area contributed by atoms with Gasteiger partial charge in [-0.05, 0) is 37.8 Å². The molecule has 0 radical (unpaired) electrons.